The minimum absolute atomic E-state index is 0.571. The zero-order valence-corrected chi connectivity index (χ0v) is 11.9. The van der Waals surface area contributed by atoms with E-state index in [2.05, 4.69) is 15.4 Å². The number of methoxy groups -OCH3 is 1. The lowest BCUT2D eigenvalue weighted by Gasteiger charge is -2.05. The molecule has 0 aliphatic heterocycles. The van der Waals surface area contributed by atoms with Gasteiger partial charge in [0, 0.05) is 39.0 Å². The van der Waals surface area contributed by atoms with Gasteiger partial charge in [0.15, 0.2) is 5.75 Å². The van der Waals surface area contributed by atoms with Crippen molar-refractivity contribution >= 4 is 0 Å². The fourth-order valence-electron chi connectivity index (χ4n) is 1.67. The predicted molar refractivity (Wildman–Crippen MR) is 75.8 cm³/mol. The number of nitrogens with one attached hydrogen (secondary N) is 1. The fourth-order valence-corrected chi connectivity index (χ4v) is 1.67. The third kappa shape index (κ3) is 4.32. The minimum atomic E-state index is 0.571. The van der Waals surface area contributed by atoms with Crippen LogP contribution in [0.25, 0.3) is 0 Å². The molecule has 0 amide bonds. The highest BCUT2D eigenvalue weighted by Gasteiger charge is 2.02. The molecule has 2 heterocycles. The molecule has 0 unspecified atom stereocenters. The van der Waals surface area contributed by atoms with Gasteiger partial charge >= 0.3 is 0 Å². The smallest absolute Gasteiger partial charge is 0.219 e. The van der Waals surface area contributed by atoms with Crippen molar-refractivity contribution in [2.45, 2.75) is 20.0 Å². The Kier molecular flexibility index (Phi) is 5.52. The first-order chi connectivity index (χ1) is 9.81. The van der Waals surface area contributed by atoms with Gasteiger partial charge in [0.25, 0.3) is 0 Å². The van der Waals surface area contributed by atoms with E-state index >= 15 is 0 Å². The summed E-state index contributed by atoms with van der Waals surface area (Å²) >= 11 is 0. The van der Waals surface area contributed by atoms with Gasteiger partial charge in [-0.15, -0.1) is 0 Å². The van der Waals surface area contributed by atoms with E-state index in [1.165, 1.54) is 0 Å². The van der Waals surface area contributed by atoms with Gasteiger partial charge in [-0.1, -0.05) is 6.07 Å². The molecule has 0 bridgehead atoms. The van der Waals surface area contributed by atoms with Crippen molar-refractivity contribution < 1.29 is 9.47 Å². The first-order valence-electron chi connectivity index (χ1n) is 6.66. The topological polar surface area (TPSA) is 61.2 Å². The van der Waals surface area contributed by atoms with E-state index in [-0.39, 0.29) is 0 Å². The lowest BCUT2D eigenvalue weighted by molar-refractivity contribution is 0.199. The molecule has 20 heavy (non-hydrogen) atoms. The number of rotatable bonds is 8. The molecule has 1 N–H and O–H groups in total. The van der Waals surface area contributed by atoms with Crippen molar-refractivity contribution in [1.82, 2.24) is 20.1 Å². The van der Waals surface area contributed by atoms with Crippen molar-refractivity contribution in [2.24, 2.45) is 0 Å². The third-order valence-corrected chi connectivity index (χ3v) is 2.77. The zero-order valence-electron chi connectivity index (χ0n) is 11.9. The Morgan fingerprint density at radius 2 is 2.20 bits per heavy atom. The van der Waals surface area contributed by atoms with Crippen LogP contribution in [0.15, 0.2) is 30.7 Å². The quantitative estimate of drug-likeness (QED) is 0.745. The molecule has 0 spiro atoms. The minimum Gasteiger partial charge on any atom is -0.436 e. The lowest BCUT2D eigenvalue weighted by atomic mass is 10.3. The van der Waals surface area contributed by atoms with Crippen LogP contribution in [0, 0.1) is 0 Å². The Bertz CT molecular complexity index is 510. The van der Waals surface area contributed by atoms with Crippen LogP contribution in [0.3, 0.4) is 0 Å². The van der Waals surface area contributed by atoms with E-state index < -0.39 is 0 Å². The molecule has 2 aromatic heterocycles. The average Bonchev–Trinajstić information content (AvgIpc) is 2.93. The summed E-state index contributed by atoms with van der Waals surface area (Å²) < 4.78 is 12.4. The predicted octanol–water partition coefficient (Wildman–Crippen LogP) is 1.83. The Morgan fingerprint density at radius 1 is 1.30 bits per heavy atom. The highest BCUT2D eigenvalue weighted by molar-refractivity contribution is 5.23. The van der Waals surface area contributed by atoms with Gasteiger partial charge in [0.2, 0.25) is 5.88 Å². The van der Waals surface area contributed by atoms with Gasteiger partial charge in [-0.2, -0.15) is 5.10 Å². The molecule has 108 valence electrons. The van der Waals surface area contributed by atoms with E-state index in [9.17, 15) is 0 Å². The zero-order chi connectivity index (χ0) is 14.2. The van der Waals surface area contributed by atoms with Gasteiger partial charge in [-0.3, -0.25) is 4.68 Å². The van der Waals surface area contributed by atoms with E-state index in [4.69, 9.17) is 9.47 Å². The van der Waals surface area contributed by atoms with Crippen LogP contribution in [0.4, 0.5) is 0 Å². The molecule has 6 heteroatoms. The van der Waals surface area contributed by atoms with Crippen molar-refractivity contribution in [1.29, 1.82) is 0 Å². The lowest BCUT2D eigenvalue weighted by Crippen LogP contribution is -2.18. The Balaban J connectivity index is 1.84. The molecule has 2 aromatic rings. The maximum atomic E-state index is 5.62. The van der Waals surface area contributed by atoms with Crippen LogP contribution in [-0.2, 0) is 17.8 Å². The fraction of sp³-hybridized carbons (Fsp3) is 0.429. The summed E-state index contributed by atoms with van der Waals surface area (Å²) in [5.74, 6) is 1.27. The van der Waals surface area contributed by atoms with Crippen molar-refractivity contribution in [3.05, 3.63) is 36.3 Å². The van der Waals surface area contributed by atoms with Gasteiger partial charge in [0.05, 0.1) is 19.0 Å². The molecule has 0 atom stereocenters. The second kappa shape index (κ2) is 7.62. The van der Waals surface area contributed by atoms with Gasteiger partial charge in [0.1, 0.15) is 0 Å². The molecule has 0 saturated heterocycles. The number of hydrogen-bond acceptors (Lipinski definition) is 5. The van der Waals surface area contributed by atoms with Crippen LogP contribution in [-0.4, -0.2) is 35.0 Å². The summed E-state index contributed by atoms with van der Waals surface area (Å²) in [6, 6.07) is 3.85. The number of aromatic nitrogens is 3. The molecule has 0 saturated carbocycles. The van der Waals surface area contributed by atoms with Crippen LogP contribution in [0.5, 0.6) is 11.6 Å². The standard InChI is InChI=1S/C14H20N4O2/c1-3-18-11-13(10-17-18)20-14-5-4-12(9-16-14)8-15-6-7-19-2/h4-5,9-11,15H,3,6-8H2,1-2H3. The van der Waals surface area contributed by atoms with Crippen LogP contribution < -0.4 is 10.1 Å². The van der Waals surface area contributed by atoms with Gasteiger partial charge < -0.3 is 14.8 Å². The molecular formula is C14H20N4O2. The maximum Gasteiger partial charge on any atom is 0.219 e. The number of hydrogen-bond donors (Lipinski definition) is 1. The monoisotopic (exact) mass is 276 g/mol. The van der Waals surface area contributed by atoms with E-state index in [0.717, 1.165) is 25.2 Å². The molecule has 6 nitrogen and oxygen atoms in total. The highest BCUT2D eigenvalue weighted by atomic mass is 16.5. The normalized spacial score (nSPS) is 10.7. The third-order valence-electron chi connectivity index (χ3n) is 2.77. The second-order valence-corrected chi connectivity index (χ2v) is 4.31. The van der Waals surface area contributed by atoms with Gasteiger partial charge in [-0.25, -0.2) is 4.98 Å². The van der Waals surface area contributed by atoms with Gasteiger partial charge in [-0.05, 0) is 12.5 Å². The van der Waals surface area contributed by atoms with E-state index in [1.807, 2.05) is 29.9 Å². The Labute approximate surface area is 118 Å². The average molecular weight is 276 g/mol. The van der Waals surface area contributed by atoms with E-state index in [1.54, 1.807) is 19.5 Å². The van der Waals surface area contributed by atoms with Crippen molar-refractivity contribution in [3.63, 3.8) is 0 Å². The summed E-state index contributed by atoms with van der Waals surface area (Å²) in [5, 5.41) is 7.41. The molecule has 0 fully saturated rings. The summed E-state index contributed by atoms with van der Waals surface area (Å²) in [5.41, 5.74) is 1.11. The van der Waals surface area contributed by atoms with E-state index in [0.29, 0.717) is 18.2 Å². The molecular weight excluding hydrogens is 256 g/mol. The molecule has 0 aliphatic rings. The Hall–Kier alpha value is -1.92. The summed E-state index contributed by atoms with van der Waals surface area (Å²) in [7, 11) is 1.69. The Morgan fingerprint density at radius 3 is 2.85 bits per heavy atom. The maximum absolute atomic E-state index is 5.62. The van der Waals surface area contributed by atoms with Crippen LogP contribution in [0.2, 0.25) is 0 Å². The first-order valence-corrected chi connectivity index (χ1v) is 6.66. The second-order valence-electron chi connectivity index (χ2n) is 4.31. The number of nitrogens with zero attached hydrogens (tertiary/aromatic N) is 3. The summed E-state index contributed by atoms with van der Waals surface area (Å²) in [6.45, 7) is 5.15. The summed E-state index contributed by atoms with van der Waals surface area (Å²) in [4.78, 5) is 4.28. The van der Waals surface area contributed by atoms with Crippen molar-refractivity contribution in [2.75, 3.05) is 20.3 Å². The molecule has 2 rings (SSSR count). The van der Waals surface area contributed by atoms with Crippen molar-refractivity contribution in [3.8, 4) is 11.6 Å². The molecule has 0 aromatic carbocycles. The van der Waals surface area contributed by atoms with Crippen LogP contribution in [0.1, 0.15) is 12.5 Å². The number of ether oxygens (including phenoxy) is 2. The number of aryl methyl sites for hydroxylation is 1. The summed E-state index contributed by atoms with van der Waals surface area (Å²) in [6.07, 6.45) is 5.34. The SMILES string of the molecule is CCn1cc(Oc2ccc(CNCCOC)cn2)cn1. The number of pyridine rings is 1. The molecule has 0 aliphatic carbocycles. The molecule has 0 radical (unpaired) electrons. The van der Waals surface area contributed by atoms with Crippen LogP contribution >= 0.6 is 0 Å². The first kappa shape index (κ1) is 14.5. The largest absolute Gasteiger partial charge is 0.436 e. The highest BCUT2D eigenvalue weighted by Crippen LogP contribution is 2.18.